The molecule has 0 radical (unpaired) electrons. The van der Waals surface area contributed by atoms with Gasteiger partial charge in [-0.05, 0) is 48.6 Å². The van der Waals surface area contributed by atoms with Crippen molar-refractivity contribution >= 4 is 33.1 Å². The van der Waals surface area contributed by atoms with Crippen LogP contribution in [0.2, 0.25) is 0 Å². The number of nitrogens with two attached hydrogens (primary N) is 1. The van der Waals surface area contributed by atoms with Crippen LogP contribution in [0, 0.1) is 0 Å². The third kappa shape index (κ3) is 4.61. The smallest absolute Gasteiger partial charge is 0.130 e. The predicted molar refractivity (Wildman–Crippen MR) is 78.7 cm³/mol. The van der Waals surface area contributed by atoms with Gasteiger partial charge in [0.1, 0.15) is 10.7 Å². The Bertz CT molecular complexity index is 396. The van der Waals surface area contributed by atoms with Gasteiger partial charge in [0, 0.05) is 11.0 Å². The van der Waals surface area contributed by atoms with Crippen LogP contribution in [0.15, 0.2) is 22.7 Å². The minimum atomic E-state index is 0.347. The van der Waals surface area contributed by atoms with Crippen LogP contribution in [0.4, 0.5) is 0 Å². The van der Waals surface area contributed by atoms with Gasteiger partial charge < -0.3 is 15.4 Å². The third-order valence-corrected chi connectivity index (χ3v) is 3.09. The number of thiocarbonyl (C=S) groups is 1. The molecule has 0 heterocycles. The lowest BCUT2D eigenvalue weighted by atomic mass is 10.2. The summed E-state index contributed by atoms with van der Waals surface area (Å²) in [5.41, 5.74) is 6.45. The molecule has 5 heteroatoms. The molecule has 17 heavy (non-hydrogen) atoms. The minimum Gasteiger partial charge on any atom is -0.493 e. The van der Waals surface area contributed by atoms with Crippen molar-refractivity contribution in [2.24, 2.45) is 5.73 Å². The molecule has 0 aliphatic rings. The molecule has 0 amide bonds. The van der Waals surface area contributed by atoms with E-state index in [1.807, 2.05) is 32.3 Å². The highest BCUT2D eigenvalue weighted by Gasteiger charge is 2.10. The van der Waals surface area contributed by atoms with Crippen LogP contribution in [-0.2, 0) is 0 Å². The Hall–Kier alpha value is -0.650. The van der Waals surface area contributed by atoms with E-state index in [9.17, 15) is 0 Å². The van der Waals surface area contributed by atoms with E-state index >= 15 is 0 Å². The monoisotopic (exact) mass is 316 g/mol. The summed E-state index contributed by atoms with van der Waals surface area (Å²) in [6.07, 6.45) is 0.969. The minimum absolute atomic E-state index is 0.347. The predicted octanol–water partition coefficient (Wildman–Crippen LogP) is 2.41. The molecule has 1 aromatic rings. The van der Waals surface area contributed by atoms with Crippen molar-refractivity contribution in [3.63, 3.8) is 0 Å². The lowest BCUT2D eigenvalue weighted by molar-refractivity contribution is 0.281. The van der Waals surface area contributed by atoms with Gasteiger partial charge in [0.2, 0.25) is 0 Å². The molecule has 0 aliphatic carbocycles. The van der Waals surface area contributed by atoms with Gasteiger partial charge in [0.25, 0.3) is 0 Å². The quantitative estimate of drug-likeness (QED) is 0.646. The first-order valence-corrected chi connectivity index (χ1v) is 6.58. The molecular weight excluding hydrogens is 300 g/mol. The summed E-state index contributed by atoms with van der Waals surface area (Å²) >= 11 is 8.44. The van der Waals surface area contributed by atoms with Crippen molar-refractivity contribution in [1.29, 1.82) is 0 Å². The lowest BCUT2D eigenvalue weighted by Crippen LogP contribution is -2.17. The summed E-state index contributed by atoms with van der Waals surface area (Å²) < 4.78 is 6.58. The number of benzene rings is 1. The number of halogens is 1. The summed E-state index contributed by atoms with van der Waals surface area (Å²) in [5.74, 6) is 0.741. The molecule has 2 N–H and O–H groups in total. The highest BCUT2D eigenvalue weighted by atomic mass is 79.9. The Morgan fingerprint density at radius 2 is 2.18 bits per heavy atom. The van der Waals surface area contributed by atoms with Crippen LogP contribution in [-0.4, -0.2) is 37.1 Å². The van der Waals surface area contributed by atoms with Crippen molar-refractivity contribution < 1.29 is 4.74 Å². The van der Waals surface area contributed by atoms with Gasteiger partial charge in [-0.25, -0.2) is 0 Å². The van der Waals surface area contributed by atoms with Crippen molar-refractivity contribution in [2.75, 3.05) is 27.2 Å². The number of rotatable bonds is 6. The van der Waals surface area contributed by atoms with E-state index in [1.54, 1.807) is 0 Å². The average Bonchev–Trinajstić information content (AvgIpc) is 2.23. The van der Waals surface area contributed by atoms with Gasteiger partial charge in [0.15, 0.2) is 0 Å². The van der Waals surface area contributed by atoms with Crippen LogP contribution >= 0.6 is 28.1 Å². The van der Waals surface area contributed by atoms with Crippen molar-refractivity contribution in [1.82, 2.24) is 4.90 Å². The largest absolute Gasteiger partial charge is 0.493 e. The molecule has 0 atom stereocenters. The van der Waals surface area contributed by atoms with Gasteiger partial charge in [-0.3, -0.25) is 0 Å². The molecule has 0 saturated carbocycles. The fraction of sp³-hybridized carbons (Fsp3) is 0.417. The van der Waals surface area contributed by atoms with Crippen LogP contribution in [0.1, 0.15) is 12.0 Å². The van der Waals surface area contributed by atoms with Crippen molar-refractivity contribution in [2.45, 2.75) is 6.42 Å². The topological polar surface area (TPSA) is 38.5 Å². The van der Waals surface area contributed by atoms with Gasteiger partial charge in [-0.1, -0.05) is 18.3 Å². The summed E-state index contributed by atoms with van der Waals surface area (Å²) in [7, 11) is 4.08. The number of ether oxygens (including phenoxy) is 1. The first-order chi connectivity index (χ1) is 8.02. The van der Waals surface area contributed by atoms with Crippen LogP contribution in [0.25, 0.3) is 0 Å². The highest BCUT2D eigenvalue weighted by molar-refractivity contribution is 9.10. The summed E-state index contributed by atoms with van der Waals surface area (Å²) in [5, 5.41) is 0. The van der Waals surface area contributed by atoms with Gasteiger partial charge >= 0.3 is 0 Å². The van der Waals surface area contributed by atoms with Crippen molar-refractivity contribution in [3.8, 4) is 5.75 Å². The Morgan fingerprint density at radius 1 is 1.47 bits per heavy atom. The zero-order valence-corrected chi connectivity index (χ0v) is 12.5. The molecule has 1 aromatic carbocycles. The second kappa shape index (κ2) is 6.93. The van der Waals surface area contributed by atoms with E-state index in [-0.39, 0.29) is 0 Å². The Kier molecular flexibility index (Phi) is 5.88. The molecule has 0 fully saturated rings. The van der Waals surface area contributed by atoms with E-state index in [0.717, 1.165) is 28.8 Å². The van der Waals surface area contributed by atoms with Gasteiger partial charge in [-0.15, -0.1) is 0 Å². The van der Waals surface area contributed by atoms with E-state index in [0.29, 0.717) is 11.6 Å². The molecular formula is C12H17BrN2OS. The van der Waals surface area contributed by atoms with Crippen LogP contribution in [0.3, 0.4) is 0 Å². The molecule has 0 saturated heterocycles. The van der Waals surface area contributed by atoms with E-state index in [4.69, 9.17) is 22.7 Å². The molecule has 0 bridgehead atoms. The Balaban J connectivity index is 2.64. The van der Waals surface area contributed by atoms with E-state index < -0.39 is 0 Å². The summed E-state index contributed by atoms with van der Waals surface area (Å²) in [6.45, 7) is 1.65. The van der Waals surface area contributed by atoms with Crippen molar-refractivity contribution in [3.05, 3.63) is 28.2 Å². The van der Waals surface area contributed by atoms with Crippen LogP contribution < -0.4 is 10.5 Å². The second-order valence-corrected chi connectivity index (χ2v) is 5.28. The lowest BCUT2D eigenvalue weighted by Gasteiger charge is -2.13. The maximum Gasteiger partial charge on any atom is 0.130 e. The number of hydrogen-bond acceptors (Lipinski definition) is 3. The fourth-order valence-electron chi connectivity index (χ4n) is 1.43. The molecule has 0 aromatic heterocycles. The molecule has 1 rings (SSSR count). The molecule has 0 unspecified atom stereocenters. The van der Waals surface area contributed by atoms with E-state index in [1.165, 1.54) is 0 Å². The summed E-state index contributed by atoms with van der Waals surface area (Å²) in [6, 6.07) is 5.70. The standard InChI is InChI=1S/C12H17BrN2OS/c1-15(2)7-4-8-16-10-6-3-5-9(13)11(10)12(14)17/h3,5-6H,4,7-8H2,1-2H3,(H2,14,17). The normalized spacial score (nSPS) is 10.6. The first kappa shape index (κ1) is 14.4. The highest BCUT2D eigenvalue weighted by Crippen LogP contribution is 2.26. The van der Waals surface area contributed by atoms with Crippen LogP contribution in [0.5, 0.6) is 5.75 Å². The Morgan fingerprint density at radius 3 is 2.76 bits per heavy atom. The molecule has 0 spiro atoms. The zero-order valence-electron chi connectivity index (χ0n) is 10.1. The van der Waals surface area contributed by atoms with E-state index in [2.05, 4.69) is 20.8 Å². The molecule has 94 valence electrons. The summed E-state index contributed by atoms with van der Waals surface area (Å²) in [4.78, 5) is 2.47. The average molecular weight is 317 g/mol. The fourth-order valence-corrected chi connectivity index (χ4v) is 2.33. The first-order valence-electron chi connectivity index (χ1n) is 5.38. The molecule has 3 nitrogen and oxygen atoms in total. The zero-order chi connectivity index (χ0) is 12.8. The maximum atomic E-state index is 5.71. The second-order valence-electron chi connectivity index (χ2n) is 3.98. The maximum absolute atomic E-state index is 5.71. The van der Waals surface area contributed by atoms with Gasteiger partial charge in [0.05, 0.1) is 12.2 Å². The third-order valence-electron chi connectivity index (χ3n) is 2.23. The number of hydrogen-bond donors (Lipinski definition) is 1. The Labute approximate surface area is 116 Å². The SMILES string of the molecule is CN(C)CCCOc1cccc(Br)c1C(N)=S. The van der Waals surface area contributed by atoms with Gasteiger partial charge in [-0.2, -0.15) is 0 Å². The molecule has 0 aliphatic heterocycles. The number of nitrogens with zero attached hydrogens (tertiary/aromatic N) is 1.